The van der Waals surface area contributed by atoms with Gasteiger partial charge in [0.05, 0.1) is 0 Å². The van der Waals surface area contributed by atoms with Gasteiger partial charge in [-0.3, -0.25) is 0 Å². The molecule has 0 aliphatic heterocycles. The molecule has 3 heteroatoms. The van der Waals surface area contributed by atoms with Gasteiger partial charge >= 0.3 is 0 Å². The van der Waals surface area contributed by atoms with Crippen LogP contribution in [0, 0.1) is 0 Å². The Kier molecular flexibility index (Phi) is 11.0. The highest BCUT2D eigenvalue weighted by Gasteiger charge is 2.08. The number of unbranched alkanes of at least 4 members (excludes halogenated alkanes) is 9. The zero-order chi connectivity index (χ0) is 15.2. The van der Waals surface area contributed by atoms with E-state index in [-0.39, 0.29) is 0 Å². The minimum atomic E-state index is 0.403. The second-order valence-corrected chi connectivity index (χ2v) is 5.98. The molecule has 0 aromatic carbocycles. The Balaban J connectivity index is 1.98. The van der Waals surface area contributed by atoms with Crippen LogP contribution in [0.15, 0.2) is 18.7 Å². The van der Waals surface area contributed by atoms with Gasteiger partial charge in [-0.1, -0.05) is 71.1 Å². The molecule has 1 heterocycles. The summed E-state index contributed by atoms with van der Waals surface area (Å²) in [6.07, 6.45) is 20.5. The van der Waals surface area contributed by atoms with E-state index in [1.54, 1.807) is 6.33 Å². The maximum Gasteiger partial charge on any atom is 0.115 e. The molecule has 1 aromatic heterocycles. The Morgan fingerprint density at radius 1 is 0.857 bits per heavy atom. The lowest BCUT2D eigenvalue weighted by molar-refractivity contribution is 0.491. The Bertz CT molecular complexity index is 326. The van der Waals surface area contributed by atoms with Gasteiger partial charge < -0.3 is 5.32 Å². The highest BCUT2D eigenvalue weighted by molar-refractivity contribution is 5.08. The van der Waals surface area contributed by atoms with E-state index in [0.29, 0.717) is 6.04 Å². The molecule has 1 N–H and O–H groups in total. The molecule has 0 bridgehead atoms. The van der Waals surface area contributed by atoms with Crippen molar-refractivity contribution in [3.8, 4) is 0 Å². The summed E-state index contributed by atoms with van der Waals surface area (Å²) < 4.78 is 0. The van der Waals surface area contributed by atoms with Crippen molar-refractivity contribution in [3.05, 3.63) is 24.3 Å². The fraction of sp³-hybridized carbons (Fsp3) is 0.778. The van der Waals surface area contributed by atoms with Crippen molar-refractivity contribution in [1.29, 1.82) is 0 Å². The smallest absolute Gasteiger partial charge is 0.115 e. The van der Waals surface area contributed by atoms with Gasteiger partial charge in [-0.15, -0.1) is 0 Å². The first-order chi connectivity index (χ1) is 10.4. The topological polar surface area (TPSA) is 37.8 Å². The van der Waals surface area contributed by atoms with Crippen LogP contribution in [0.4, 0.5) is 0 Å². The quantitative estimate of drug-likeness (QED) is 0.517. The van der Waals surface area contributed by atoms with Gasteiger partial charge in [-0.2, -0.15) is 0 Å². The second-order valence-electron chi connectivity index (χ2n) is 5.98. The maximum atomic E-state index is 4.10. The van der Waals surface area contributed by atoms with Crippen molar-refractivity contribution in [2.75, 3.05) is 7.05 Å². The minimum absolute atomic E-state index is 0.403. The maximum absolute atomic E-state index is 4.10. The molecular formula is C18H33N3. The van der Waals surface area contributed by atoms with Crippen LogP contribution in [0.5, 0.6) is 0 Å². The van der Waals surface area contributed by atoms with Gasteiger partial charge in [0.25, 0.3) is 0 Å². The van der Waals surface area contributed by atoms with Gasteiger partial charge in [-0.25, -0.2) is 9.97 Å². The second kappa shape index (κ2) is 12.8. The van der Waals surface area contributed by atoms with E-state index in [2.05, 4.69) is 22.2 Å². The van der Waals surface area contributed by atoms with Crippen molar-refractivity contribution >= 4 is 0 Å². The van der Waals surface area contributed by atoms with E-state index in [1.165, 1.54) is 76.2 Å². The summed E-state index contributed by atoms with van der Waals surface area (Å²) >= 11 is 0. The lowest BCUT2D eigenvalue weighted by atomic mass is 10.0. The molecule has 0 aliphatic rings. The van der Waals surface area contributed by atoms with E-state index < -0.39 is 0 Å². The fourth-order valence-corrected chi connectivity index (χ4v) is 2.80. The zero-order valence-electron chi connectivity index (χ0n) is 14.0. The average molecular weight is 291 g/mol. The molecule has 0 saturated carbocycles. The Morgan fingerprint density at radius 2 is 1.38 bits per heavy atom. The van der Waals surface area contributed by atoms with Crippen LogP contribution < -0.4 is 5.32 Å². The lowest BCUT2D eigenvalue weighted by Gasteiger charge is -2.15. The molecule has 0 saturated heterocycles. The molecule has 0 spiro atoms. The Morgan fingerprint density at radius 3 is 1.90 bits per heavy atom. The zero-order valence-corrected chi connectivity index (χ0v) is 14.0. The predicted molar refractivity (Wildman–Crippen MR) is 90.3 cm³/mol. The van der Waals surface area contributed by atoms with Gasteiger partial charge in [-0.05, 0) is 13.5 Å². The summed E-state index contributed by atoms with van der Waals surface area (Å²) in [5.74, 6) is 0. The number of aromatic nitrogens is 2. The number of nitrogens with one attached hydrogen (secondary N) is 1. The normalized spacial score (nSPS) is 12.5. The third-order valence-corrected chi connectivity index (χ3v) is 4.18. The van der Waals surface area contributed by atoms with E-state index in [1.807, 2.05) is 19.4 Å². The van der Waals surface area contributed by atoms with E-state index >= 15 is 0 Å². The van der Waals surface area contributed by atoms with Crippen molar-refractivity contribution < 1.29 is 0 Å². The van der Waals surface area contributed by atoms with Crippen molar-refractivity contribution in [1.82, 2.24) is 15.3 Å². The average Bonchev–Trinajstić information content (AvgIpc) is 2.54. The van der Waals surface area contributed by atoms with Crippen LogP contribution in [0.2, 0.25) is 0 Å². The largest absolute Gasteiger partial charge is 0.313 e. The summed E-state index contributed by atoms with van der Waals surface area (Å²) in [6, 6.07) is 0.403. The number of hydrogen-bond donors (Lipinski definition) is 1. The standard InChI is InChI=1S/C18H33N3/c1-3-4-5-6-7-8-9-10-11-12-13-18(19-2)17-14-20-16-21-15-17/h14-16,18-19H,3-13H2,1-2H3. The molecule has 1 rings (SSSR count). The molecule has 0 aliphatic carbocycles. The molecule has 0 radical (unpaired) electrons. The third kappa shape index (κ3) is 8.82. The molecule has 1 aromatic rings. The number of hydrogen-bond acceptors (Lipinski definition) is 3. The molecular weight excluding hydrogens is 258 g/mol. The molecule has 21 heavy (non-hydrogen) atoms. The van der Waals surface area contributed by atoms with Crippen LogP contribution in [-0.2, 0) is 0 Å². The van der Waals surface area contributed by atoms with Crippen LogP contribution in [0.1, 0.15) is 89.2 Å². The van der Waals surface area contributed by atoms with Gasteiger partial charge in [0.2, 0.25) is 0 Å². The summed E-state index contributed by atoms with van der Waals surface area (Å²) in [7, 11) is 2.02. The molecule has 1 atom stereocenters. The third-order valence-electron chi connectivity index (χ3n) is 4.18. The predicted octanol–water partition coefficient (Wildman–Crippen LogP) is 5.05. The first-order valence-electron chi connectivity index (χ1n) is 8.80. The number of nitrogens with zero attached hydrogens (tertiary/aromatic N) is 2. The van der Waals surface area contributed by atoms with Gasteiger partial charge in [0.15, 0.2) is 0 Å². The van der Waals surface area contributed by atoms with Crippen LogP contribution in [0.3, 0.4) is 0 Å². The highest BCUT2D eigenvalue weighted by atomic mass is 14.9. The van der Waals surface area contributed by atoms with E-state index in [4.69, 9.17) is 0 Å². The van der Waals surface area contributed by atoms with Gasteiger partial charge in [0, 0.05) is 24.0 Å². The van der Waals surface area contributed by atoms with E-state index in [9.17, 15) is 0 Å². The van der Waals surface area contributed by atoms with Crippen LogP contribution in [0.25, 0.3) is 0 Å². The molecule has 0 fully saturated rings. The molecule has 3 nitrogen and oxygen atoms in total. The van der Waals surface area contributed by atoms with Crippen molar-refractivity contribution in [2.45, 2.75) is 83.6 Å². The fourth-order valence-electron chi connectivity index (χ4n) is 2.80. The molecule has 120 valence electrons. The lowest BCUT2D eigenvalue weighted by Crippen LogP contribution is -2.16. The van der Waals surface area contributed by atoms with Crippen LogP contribution in [-0.4, -0.2) is 17.0 Å². The number of rotatable bonds is 13. The van der Waals surface area contributed by atoms with Crippen LogP contribution >= 0.6 is 0 Å². The summed E-state index contributed by atoms with van der Waals surface area (Å²) in [5.41, 5.74) is 1.20. The Labute approximate surface area is 131 Å². The van der Waals surface area contributed by atoms with E-state index in [0.717, 1.165) is 0 Å². The summed E-state index contributed by atoms with van der Waals surface area (Å²) in [5, 5.41) is 3.37. The summed E-state index contributed by atoms with van der Waals surface area (Å²) in [6.45, 7) is 2.28. The molecule has 0 amide bonds. The first kappa shape index (κ1) is 18.1. The summed E-state index contributed by atoms with van der Waals surface area (Å²) in [4.78, 5) is 8.20. The van der Waals surface area contributed by atoms with Crippen molar-refractivity contribution in [2.24, 2.45) is 0 Å². The highest BCUT2D eigenvalue weighted by Crippen LogP contribution is 2.19. The monoisotopic (exact) mass is 291 g/mol. The van der Waals surface area contributed by atoms with Crippen molar-refractivity contribution in [3.63, 3.8) is 0 Å². The molecule has 1 unspecified atom stereocenters. The SMILES string of the molecule is CCCCCCCCCCCCC(NC)c1cncnc1. The first-order valence-corrected chi connectivity index (χ1v) is 8.80. The minimum Gasteiger partial charge on any atom is -0.313 e. The van der Waals surface area contributed by atoms with Gasteiger partial charge in [0.1, 0.15) is 6.33 Å². The Hall–Kier alpha value is -0.960.